The average Bonchev–Trinajstić information content (AvgIpc) is 2.32. The van der Waals surface area contributed by atoms with E-state index in [0.717, 1.165) is 19.0 Å². The van der Waals surface area contributed by atoms with Crippen molar-refractivity contribution in [1.82, 2.24) is 10.2 Å². The van der Waals surface area contributed by atoms with Crippen molar-refractivity contribution in [2.45, 2.75) is 66.3 Å². The van der Waals surface area contributed by atoms with Crippen LogP contribution in [0.3, 0.4) is 0 Å². The molecule has 1 aliphatic carbocycles. The highest BCUT2D eigenvalue weighted by atomic mass is 16.2. The van der Waals surface area contributed by atoms with Crippen molar-refractivity contribution < 1.29 is 4.79 Å². The maximum Gasteiger partial charge on any atom is 0.227 e. The van der Waals surface area contributed by atoms with Crippen LogP contribution in [0.1, 0.15) is 60.3 Å². The minimum Gasteiger partial charge on any atom is -0.342 e. The fourth-order valence-electron chi connectivity index (χ4n) is 3.78. The van der Waals surface area contributed by atoms with E-state index in [1.807, 2.05) is 20.8 Å². The molecule has 116 valence electrons. The summed E-state index contributed by atoms with van der Waals surface area (Å²) in [5.74, 6) is 1.19. The number of nitrogens with zero attached hydrogens (tertiary/aromatic N) is 1. The Labute approximate surface area is 124 Å². The normalized spacial score (nSPS) is 23.2. The van der Waals surface area contributed by atoms with Gasteiger partial charge < -0.3 is 10.2 Å². The lowest BCUT2D eigenvalue weighted by Gasteiger charge is -2.53. The van der Waals surface area contributed by atoms with Gasteiger partial charge >= 0.3 is 0 Å². The van der Waals surface area contributed by atoms with Crippen LogP contribution in [0.4, 0.5) is 0 Å². The Morgan fingerprint density at radius 3 is 2.25 bits per heavy atom. The van der Waals surface area contributed by atoms with Gasteiger partial charge in [0.1, 0.15) is 0 Å². The Kier molecular flexibility index (Phi) is 4.48. The maximum absolute atomic E-state index is 12.3. The van der Waals surface area contributed by atoms with E-state index in [1.54, 1.807) is 0 Å². The first-order valence-electron chi connectivity index (χ1n) is 8.25. The molecule has 2 rings (SSSR count). The standard InChI is InChI=1S/C17H32N2O/c1-13(2)18-12-14-10-17(11-14)6-8-19(9-7-17)15(20)16(3,4)5/h13-14,18H,6-12H2,1-5H3. The SMILES string of the molecule is CC(C)NCC1CC2(CCN(C(=O)C(C)(C)C)CC2)C1. The van der Waals surface area contributed by atoms with Crippen LogP contribution in [0.15, 0.2) is 0 Å². The maximum atomic E-state index is 12.3. The number of rotatable bonds is 3. The van der Waals surface area contributed by atoms with Crippen molar-refractivity contribution in [2.75, 3.05) is 19.6 Å². The molecular formula is C17H32N2O. The van der Waals surface area contributed by atoms with Gasteiger partial charge in [0.05, 0.1) is 0 Å². The number of amides is 1. The quantitative estimate of drug-likeness (QED) is 0.862. The molecule has 1 aliphatic heterocycles. The highest BCUT2D eigenvalue weighted by molar-refractivity contribution is 5.81. The van der Waals surface area contributed by atoms with Gasteiger partial charge in [0.2, 0.25) is 5.91 Å². The van der Waals surface area contributed by atoms with Gasteiger partial charge in [-0.2, -0.15) is 0 Å². The molecule has 1 saturated heterocycles. The summed E-state index contributed by atoms with van der Waals surface area (Å²) in [6.07, 6.45) is 5.16. The summed E-state index contributed by atoms with van der Waals surface area (Å²) in [5.41, 5.74) is 0.339. The molecule has 0 atom stereocenters. The topological polar surface area (TPSA) is 32.3 Å². The van der Waals surface area contributed by atoms with Crippen molar-refractivity contribution in [3.05, 3.63) is 0 Å². The largest absolute Gasteiger partial charge is 0.342 e. The van der Waals surface area contributed by atoms with E-state index in [9.17, 15) is 4.79 Å². The first-order valence-corrected chi connectivity index (χ1v) is 8.25. The van der Waals surface area contributed by atoms with Crippen LogP contribution in [0.5, 0.6) is 0 Å². The van der Waals surface area contributed by atoms with Gasteiger partial charge in [-0.05, 0) is 43.6 Å². The molecule has 0 radical (unpaired) electrons. The lowest BCUT2D eigenvalue weighted by molar-refractivity contribution is -0.143. The zero-order valence-electron chi connectivity index (χ0n) is 14.0. The Balaban J connectivity index is 1.75. The molecule has 1 N–H and O–H groups in total. The van der Waals surface area contributed by atoms with Crippen LogP contribution < -0.4 is 5.32 Å². The number of likely N-dealkylation sites (tertiary alicyclic amines) is 1. The van der Waals surface area contributed by atoms with E-state index in [-0.39, 0.29) is 5.41 Å². The van der Waals surface area contributed by atoms with E-state index in [2.05, 4.69) is 24.1 Å². The molecule has 1 heterocycles. The highest BCUT2D eigenvalue weighted by Crippen LogP contribution is 2.52. The fourth-order valence-corrected chi connectivity index (χ4v) is 3.78. The molecule has 0 aromatic carbocycles. The highest BCUT2D eigenvalue weighted by Gasteiger charge is 2.46. The molecule has 0 aromatic rings. The summed E-state index contributed by atoms with van der Waals surface area (Å²) in [7, 11) is 0. The van der Waals surface area contributed by atoms with Crippen LogP contribution in [-0.4, -0.2) is 36.5 Å². The second-order valence-corrected chi connectivity index (χ2v) is 8.38. The summed E-state index contributed by atoms with van der Waals surface area (Å²) in [6.45, 7) is 13.6. The molecule has 3 heteroatoms. The molecule has 1 saturated carbocycles. The summed E-state index contributed by atoms with van der Waals surface area (Å²) in [6, 6.07) is 0.595. The molecule has 0 bridgehead atoms. The minimum atomic E-state index is -0.228. The van der Waals surface area contributed by atoms with Crippen LogP contribution in [-0.2, 0) is 4.79 Å². The third-order valence-corrected chi connectivity index (χ3v) is 5.01. The molecule has 0 unspecified atom stereocenters. The van der Waals surface area contributed by atoms with E-state index in [4.69, 9.17) is 0 Å². The lowest BCUT2D eigenvalue weighted by atomic mass is 9.57. The van der Waals surface area contributed by atoms with Gasteiger partial charge in [-0.25, -0.2) is 0 Å². The zero-order valence-corrected chi connectivity index (χ0v) is 14.0. The summed E-state index contributed by atoms with van der Waals surface area (Å²) >= 11 is 0. The van der Waals surface area contributed by atoms with Crippen LogP contribution >= 0.6 is 0 Å². The third-order valence-electron chi connectivity index (χ3n) is 5.01. The second-order valence-electron chi connectivity index (χ2n) is 8.38. The summed E-state index contributed by atoms with van der Waals surface area (Å²) < 4.78 is 0. The second kappa shape index (κ2) is 5.67. The monoisotopic (exact) mass is 280 g/mol. The third kappa shape index (κ3) is 3.55. The molecule has 2 aliphatic rings. The van der Waals surface area contributed by atoms with Crippen molar-refractivity contribution >= 4 is 5.91 Å². The smallest absolute Gasteiger partial charge is 0.227 e. The Bertz CT molecular complexity index is 340. The first-order chi connectivity index (χ1) is 9.22. The predicted octanol–water partition coefficient (Wildman–Crippen LogP) is 3.05. The molecule has 0 aromatic heterocycles. The van der Waals surface area contributed by atoms with Crippen LogP contribution in [0.25, 0.3) is 0 Å². The summed E-state index contributed by atoms with van der Waals surface area (Å²) in [4.78, 5) is 14.4. The van der Waals surface area contributed by atoms with Gasteiger partial charge in [0.25, 0.3) is 0 Å². The van der Waals surface area contributed by atoms with Gasteiger partial charge in [0.15, 0.2) is 0 Å². The predicted molar refractivity (Wildman–Crippen MR) is 83.6 cm³/mol. The molecule has 3 nitrogen and oxygen atoms in total. The van der Waals surface area contributed by atoms with Crippen LogP contribution in [0, 0.1) is 16.7 Å². The Morgan fingerprint density at radius 2 is 1.80 bits per heavy atom. The van der Waals surface area contributed by atoms with Crippen molar-refractivity contribution in [3.8, 4) is 0 Å². The van der Waals surface area contributed by atoms with Gasteiger partial charge in [-0.15, -0.1) is 0 Å². The summed E-state index contributed by atoms with van der Waals surface area (Å²) in [5, 5.41) is 3.55. The van der Waals surface area contributed by atoms with Crippen molar-refractivity contribution in [3.63, 3.8) is 0 Å². The molecular weight excluding hydrogens is 248 g/mol. The fraction of sp³-hybridized carbons (Fsp3) is 0.941. The number of nitrogens with one attached hydrogen (secondary N) is 1. The average molecular weight is 280 g/mol. The number of piperidine rings is 1. The Hall–Kier alpha value is -0.570. The van der Waals surface area contributed by atoms with Gasteiger partial charge in [-0.3, -0.25) is 4.79 Å². The number of carbonyl (C=O) groups excluding carboxylic acids is 1. The van der Waals surface area contributed by atoms with E-state index in [0.29, 0.717) is 17.4 Å². The van der Waals surface area contributed by atoms with Gasteiger partial charge in [-0.1, -0.05) is 34.6 Å². The van der Waals surface area contributed by atoms with Gasteiger partial charge in [0, 0.05) is 24.5 Å². The molecule has 2 fully saturated rings. The number of hydrogen-bond donors (Lipinski definition) is 1. The molecule has 20 heavy (non-hydrogen) atoms. The lowest BCUT2D eigenvalue weighted by Crippen LogP contribution is -2.52. The van der Waals surface area contributed by atoms with E-state index >= 15 is 0 Å². The van der Waals surface area contributed by atoms with Crippen molar-refractivity contribution in [2.24, 2.45) is 16.7 Å². The number of carbonyl (C=O) groups is 1. The minimum absolute atomic E-state index is 0.228. The van der Waals surface area contributed by atoms with Crippen molar-refractivity contribution in [1.29, 1.82) is 0 Å². The van der Waals surface area contributed by atoms with Crippen LogP contribution in [0.2, 0.25) is 0 Å². The zero-order chi connectivity index (χ0) is 15.0. The van der Waals surface area contributed by atoms with E-state index < -0.39 is 0 Å². The molecule has 1 amide bonds. The number of hydrogen-bond acceptors (Lipinski definition) is 2. The molecule has 1 spiro atoms. The first kappa shape index (κ1) is 15.8. The van der Waals surface area contributed by atoms with E-state index in [1.165, 1.54) is 32.2 Å². The Morgan fingerprint density at radius 1 is 1.25 bits per heavy atom.